The first-order valence-electron chi connectivity index (χ1n) is 11.2. The molecular weight excluding hydrogens is 448 g/mol. The fraction of sp³-hybridized carbons (Fsp3) is 0.269. The molecule has 0 spiro atoms. The molecule has 0 radical (unpaired) electrons. The predicted molar refractivity (Wildman–Crippen MR) is 134 cm³/mol. The Kier molecular flexibility index (Phi) is 6.06. The van der Waals surface area contributed by atoms with Gasteiger partial charge in [-0.2, -0.15) is 4.98 Å². The Balaban J connectivity index is 1.25. The molecule has 1 aliphatic rings. The molecule has 34 heavy (non-hydrogen) atoms. The van der Waals surface area contributed by atoms with Gasteiger partial charge in [-0.3, -0.25) is 4.79 Å². The maximum absolute atomic E-state index is 13.1. The molecule has 0 atom stereocenters. The third-order valence-corrected chi connectivity index (χ3v) is 7.14. The highest BCUT2D eigenvalue weighted by Crippen LogP contribution is 2.30. The summed E-state index contributed by atoms with van der Waals surface area (Å²) in [5.41, 5.74) is 4.59. The minimum Gasteiger partial charge on any atom is -0.497 e. The van der Waals surface area contributed by atoms with Crippen LogP contribution < -0.4 is 9.64 Å². The average Bonchev–Trinajstić information content (AvgIpc) is 3.55. The van der Waals surface area contributed by atoms with Gasteiger partial charge in [0.2, 0.25) is 5.82 Å². The number of hydrogen-bond donors (Lipinski definition) is 0. The molecule has 1 aliphatic heterocycles. The third kappa shape index (κ3) is 4.41. The van der Waals surface area contributed by atoms with Gasteiger partial charge < -0.3 is 19.1 Å². The van der Waals surface area contributed by atoms with Crippen LogP contribution >= 0.6 is 11.3 Å². The van der Waals surface area contributed by atoms with Crippen molar-refractivity contribution in [1.29, 1.82) is 0 Å². The number of hydrogen-bond acceptors (Lipinski definition) is 7. The number of methoxy groups -OCH3 is 1. The standard InChI is InChI=1S/C26H26N4O3S/c1-17-4-5-18(2)21(16-17)29-12-14-30(15-13-29)26(31)23-11-10-22(34-23)24-27-25(33-28-24)19-6-8-20(32-3)9-7-19/h4-11,16H,12-15H2,1-3H3. The summed E-state index contributed by atoms with van der Waals surface area (Å²) in [6, 6.07) is 17.7. The van der Waals surface area contributed by atoms with E-state index >= 15 is 0 Å². The summed E-state index contributed by atoms with van der Waals surface area (Å²) in [5.74, 6) is 1.73. The number of carbonyl (C=O) groups excluding carboxylic acids is 1. The van der Waals surface area contributed by atoms with Gasteiger partial charge in [0, 0.05) is 37.4 Å². The Morgan fingerprint density at radius 1 is 1.00 bits per heavy atom. The average molecular weight is 475 g/mol. The molecule has 174 valence electrons. The lowest BCUT2D eigenvalue weighted by Gasteiger charge is -2.36. The Hall–Kier alpha value is -3.65. The topological polar surface area (TPSA) is 71.7 Å². The van der Waals surface area contributed by atoms with Gasteiger partial charge in [-0.25, -0.2) is 0 Å². The summed E-state index contributed by atoms with van der Waals surface area (Å²) in [6.45, 7) is 7.29. The van der Waals surface area contributed by atoms with Gasteiger partial charge in [0.25, 0.3) is 11.8 Å². The second kappa shape index (κ2) is 9.30. The molecule has 1 amide bonds. The van der Waals surface area contributed by atoms with Gasteiger partial charge in [-0.1, -0.05) is 17.3 Å². The molecule has 3 heterocycles. The second-order valence-corrected chi connectivity index (χ2v) is 9.47. The van der Waals surface area contributed by atoms with Gasteiger partial charge >= 0.3 is 0 Å². The van der Waals surface area contributed by atoms with E-state index < -0.39 is 0 Å². The van der Waals surface area contributed by atoms with E-state index in [0.29, 0.717) is 29.7 Å². The van der Waals surface area contributed by atoms with Gasteiger partial charge in [-0.05, 0) is 67.4 Å². The first-order valence-corrected chi connectivity index (χ1v) is 12.0. The van der Waals surface area contributed by atoms with E-state index in [2.05, 4.69) is 47.1 Å². The van der Waals surface area contributed by atoms with Crippen LogP contribution in [0.5, 0.6) is 5.75 Å². The Bertz CT molecular complexity index is 1300. The lowest BCUT2D eigenvalue weighted by molar-refractivity contribution is 0.0751. The molecule has 0 saturated carbocycles. The molecule has 0 N–H and O–H groups in total. The molecule has 7 nitrogen and oxygen atoms in total. The predicted octanol–water partition coefficient (Wildman–Crippen LogP) is 5.05. The zero-order chi connectivity index (χ0) is 23.7. The van der Waals surface area contributed by atoms with Crippen molar-refractivity contribution in [2.75, 3.05) is 38.2 Å². The number of benzene rings is 2. The number of carbonyl (C=O) groups is 1. The van der Waals surface area contributed by atoms with Crippen molar-refractivity contribution in [3.63, 3.8) is 0 Å². The third-order valence-electron chi connectivity index (χ3n) is 6.07. The minimum atomic E-state index is 0.0516. The fourth-order valence-corrected chi connectivity index (χ4v) is 5.01. The maximum Gasteiger partial charge on any atom is 0.264 e. The van der Waals surface area contributed by atoms with Crippen molar-refractivity contribution in [2.24, 2.45) is 0 Å². The molecule has 0 bridgehead atoms. The van der Waals surface area contributed by atoms with Crippen LogP contribution in [0.4, 0.5) is 5.69 Å². The van der Waals surface area contributed by atoms with Crippen molar-refractivity contribution in [1.82, 2.24) is 15.0 Å². The highest BCUT2D eigenvalue weighted by molar-refractivity contribution is 7.17. The molecule has 2 aromatic heterocycles. The summed E-state index contributed by atoms with van der Waals surface area (Å²) in [4.78, 5) is 23.4. The summed E-state index contributed by atoms with van der Waals surface area (Å²) >= 11 is 1.39. The van der Waals surface area contributed by atoms with E-state index in [9.17, 15) is 4.79 Å². The van der Waals surface area contributed by atoms with E-state index in [0.717, 1.165) is 29.3 Å². The number of thiophene rings is 1. The quantitative estimate of drug-likeness (QED) is 0.403. The van der Waals surface area contributed by atoms with Crippen LogP contribution in [-0.4, -0.2) is 54.2 Å². The zero-order valence-corrected chi connectivity index (χ0v) is 20.3. The summed E-state index contributed by atoms with van der Waals surface area (Å²) in [6.07, 6.45) is 0. The van der Waals surface area contributed by atoms with Gasteiger partial charge in [-0.15, -0.1) is 11.3 Å². The molecular formula is C26H26N4O3S. The fourth-order valence-electron chi connectivity index (χ4n) is 4.11. The first-order chi connectivity index (χ1) is 16.5. The van der Waals surface area contributed by atoms with Crippen LogP contribution in [0.15, 0.2) is 59.1 Å². The zero-order valence-electron chi connectivity index (χ0n) is 19.4. The van der Waals surface area contributed by atoms with E-state index in [-0.39, 0.29) is 5.91 Å². The van der Waals surface area contributed by atoms with Gasteiger partial charge in [0.05, 0.1) is 16.9 Å². The molecule has 0 aliphatic carbocycles. The van der Waals surface area contributed by atoms with Crippen LogP contribution in [0.25, 0.3) is 22.2 Å². The van der Waals surface area contributed by atoms with Crippen molar-refractivity contribution >= 4 is 22.9 Å². The molecule has 8 heteroatoms. The number of ether oxygens (including phenoxy) is 1. The minimum absolute atomic E-state index is 0.0516. The number of anilines is 1. The second-order valence-electron chi connectivity index (χ2n) is 8.38. The summed E-state index contributed by atoms with van der Waals surface area (Å²) < 4.78 is 10.6. The molecule has 2 aromatic carbocycles. The van der Waals surface area contributed by atoms with E-state index in [1.807, 2.05) is 41.3 Å². The summed E-state index contributed by atoms with van der Waals surface area (Å²) in [5, 5.41) is 4.11. The van der Waals surface area contributed by atoms with Crippen LogP contribution in [-0.2, 0) is 0 Å². The van der Waals surface area contributed by atoms with Gasteiger partial charge in [0.15, 0.2) is 0 Å². The van der Waals surface area contributed by atoms with E-state index in [1.165, 1.54) is 28.2 Å². The smallest absolute Gasteiger partial charge is 0.264 e. The lowest BCUT2D eigenvalue weighted by Crippen LogP contribution is -2.48. The number of aromatic nitrogens is 2. The molecule has 4 aromatic rings. The van der Waals surface area contributed by atoms with Crippen molar-refractivity contribution in [3.05, 3.63) is 70.6 Å². The number of rotatable bonds is 5. The lowest BCUT2D eigenvalue weighted by atomic mass is 10.1. The number of aryl methyl sites for hydroxylation is 2. The Morgan fingerprint density at radius 3 is 2.50 bits per heavy atom. The normalized spacial score (nSPS) is 13.9. The number of nitrogens with zero attached hydrogens (tertiary/aromatic N) is 4. The monoisotopic (exact) mass is 474 g/mol. The molecule has 1 saturated heterocycles. The van der Waals surface area contributed by atoms with Crippen LogP contribution in [0.1, 0.15) is 20.8 Å². The van der Waals surface area contributed by atoms with E-state index in [4.69, 9.17) is 9.26 Å². The van der Waals surface area contributed by atoms with Gasteiger partial charge in [0.1, 0.15) is 5.75 Å². The van der Waals surface area contributed by atoms with Crippen LogP contribution in [0.2, 0.25) is 0 Å². The molecule has 0 unspecified atom stereocenters. The van der Waals surface area contributed by atoms with E-state index in [1.54, 1.807) is 7.11 Å². The number of amides is 1. The highest BCUT2D eigenvalue weighted by atomic mass is 32.1. The molecule has 1 fully saturated rings. The van der Waals surface area contributed by atoms with Crippen molar-refractivity contribution in [3.8, 4) is 27.9 Å². The maximum atomic E-state index is 13.1. The first kappa shape index (κ1) is 22.2. The highest BCUT2D eigenvalue weighted by Gasteiger charge is 2.25. The Morgan fingerprint density at radius 2 is 1.76 bits per heavy atom. The molecule has 5 rings (SSSR count). The Labute approximate surface area is 202 Å². The number of piperazine rings is 1. The SMILES string of the molecule is COc1ccc(-c2nc(-c3ccc(C(=O)N4CCN(c5cc(C)ccc5C)CC4)s3)no2)cc1. The van der Waals surface area contributed by atoms with Crippen molar-refractivity contribution in [2.45, 2.75) is 13.8 Å². The van der Waals surface area contributed by atoms with Crippen LogP contribution in [0.3, 0.4) is 0 Å². The summed E-state index contributed by atoms with van der Waals surface area (Å²) in [7, 11) is 1.63. The van der Waals surface area contributed by atoms with Crippen molar-refractivity contribution < 1.29 is 14.1 Å². The van der Waals surface area contributed by atoms with Crippen LogP contribution in [0, 0.1) is 13.8 Å². The largest absolute Gasteiger partial charge is 0.497 e.